The van der Waals surface area contributed by atoms with Crippen LogP contribution in [-0.4, -0.2) is 68.7 Å². The summed E-state index contributed by atoms with van der Waals surface area (Å²) in [4.78, 5) is 17.3. The molecule has 1 amide bonds. The zero-order valence-electron chi connectivity index (χ0n) is 15.5. The highest BCUT2D eigenvalue weighted by atomic mass is 16.5. The molecule has 25 heavy (non-hydrogen) atoms. The van der Waals surface area contributed by atoms with E-state index in [1.165, 1.54) is 0 Å². The van der Waals surface area contributed by atoms with Crippen LogP contribution in [0, 0.1) is 0 Å². The Hall–Kier alpha value is -1.79. The molecule has 0 saturated carbocycles. The molecule has 3 rings (SSSR count). The summed E-state index contributed by atoms with van der Waals surface area (Å²) in [5.41, 5.74) is 1.07. The summed E-state index contributed by atoms with van der Waals surface area (Å²) in [6.07, 6.45) is 2.01. The van der Waals surface area contributed by atoms with E-state index in [0.717, 1.165) is 56.1 Å². The Labute approximate surface area is 150 Å². The number of amides is 1. The molecular weight excluding hydrogens is 318 g/mol. The molecule has 6 nitrogen and oxygen atoms in total. The third kappa shape index (κ3) is 3.90. The third-order valence-corrected chi connectivity index (χ3v) is 5.35. The first kappa shape index (κ1) is 18.0. The Bertz CT molecular complexity index is 608. The van der Waals surface area contributed by atoms with Gasteiger partial charge in [-0.25, -0.2) is 0 Å². The van der Waals surface area contributed by atoms with E-state index in [0.29, 0.717) is 12.6 Å². The van der Waals surface area contributed by atoms with Gasteiger partial charge < -0.3 is 19.7 Å². The molecule has 0 spiro atoms. The van der Waals surface area contributed by atoms with Crippen molar-refractivity contribution in [1.29, 1.82) is 0 Å². The predicted octanol–water partition coefficient (Wildman–Crippen LogP) is 1.66. The van der Waals surface area contributed by atoms with Crippen molar-refractivity contribution in [2.45, 2.75) is 31.8 Å². The first-order valence-electron chi connectivity index (χ1n) is 9.10. The molecule has 1 aromatic carbocycles. The lowest BCUT2D eigenvalue weighted by molar-refractivity contribution is -0.134. The van der Waals surface area contributed by atoms with E-state index < -0.39 is 0 Å². The van der Waals surface area contributed by atoms with Gasteiger partial charge in [0.05, 0.1) is 26.8 Å². The number of benzene rings is 1. The van der Waals surface area contributed by atoms with Crippen LogP contribution in [-0.2, 0) is 4.79 Å². The fourth-order valence-electron chi connectivity index (χ4n) is 3.86. The van der Waals surface area contributed by atoms with Crippen molar-refractivity contribution in [3.05, 3.63) is 23.8 Å². The number of nitrogens with zero attached hydrogens (tertiary/aromatic N) is 2. The van der Waals surface area contributed by atoms with Crippen LogP contribution in [0.2, 0.25) is 0 Å². The monoisotopic (exact) mass is 347 g/mol. The lowest BCUT2D eigenvalue weighted by atomic mass is 10.0. The number of hydrogen-bond donors (Lipinski definition) is 1. The summed E-state index contributed by atoms with van der Waals surface area (Å²) in [7, 11) is 3.32. The number of piperazine rings is 1. The van der Waals surface area contributed by atoms with Gasteiger partial charge in [-0.3, -0.25) is 9.69 Å². The standard InChI is InChI=1S/C19H29N3O3/c1-14-12-20-8-10-21(14)13-19(23)22-9-4-5-17(22)16-7-6-15(24-2)11-18(16)25-3/h6-7,11,14,17,20H,4-5,8-10,12-13H2,1-3H3/t14-,17?/m0/s1. The zero-order valence-corrected chi connectivity index (χ0v) is 15.5. The van der Waals surface area contributed by atoms with Gasteiger partial charge in [-0.2, -0.15) is 0 Å². The van der Waals surface area contributed by atoms with Crippen molar-refractivity contribution in [1.82, 2.24) is 15.1 Å². The van der Waals surface area contributed by atoms with Crippen LogP contribution in [0.3, 0.4) is 0 Å². The van der Waals surface area contributed by atoms with Crippen molar-refractivity contribution in [3.8, 4) is 11.5 Å². The van der Waals surface area contributed by atoms with Gasteiger partial charge in [-0.1, -0.05) is 0 Å². The molecule has 6 heteroatoms. The van der Waals surface area contributed by atoms with Crippen molar-refractivity contribution in [2.24, 2.45) is 0 Å². The molecule has 138 valence electrons. The molecule has 0 aliphatic carbocycles. The number of likely N-dealkylation sites (tertiary alicyclic amines) is 1. The number of rotatable bonds is 5. The molecule has 0 bridgehead atoms. The quantitative estimate of drug-likeness (QED) is 0.878. The molecule has 2 heterocycles. The number of carbonyl (C=O) groups is 1. The summed E-state index contributed by atoms with van der Waals surface area (Å²) in [6.45, 7) is 6.32. The van der Waals surface area contributed by atoms with Crippen LogP contribution in [0.4, 0.5) is 0 Å². The minimum absolute atomic E-state index is 0.0894. The number of hydrogen-bond acceptors (Lipinski definition) is 5. The van der Waals surface area contributed by atoms with Gasteiger partial charge in [-0.05, 0) is 31.9 Å². The second-order valence-corrected chi connectivity index (χ2v) is 6.88. The molecule has 2 atom stereocenters. The van der Waals surface area contributed by atoms with Crippen molar-refractivity contribution >= 4 is 5.91 Å². The third-order valence-electron chi connectivity index (χ3n) is 5.35. The van der Waals surface area contributed by atoms with E-state index in [1.807, 2.05) is 23.1 Å². The lowest BCUT2D eigenvalue weighted by Crippen LogP contribution is -2.53. The lowest BCUT2D eigenvalue weighted by Gasteiger charge is -2.35. The van der Waals surface area contributed by atoms with E-state index in [2.05, 4.69) is 17.1 Å². The highest BCUT2D eigenvalue weighted by molar-refractivity contribution is 5.79. The van der Waals surface area contributed by atoms with Crippen LogP contribution < -0.4 is 14.8 Å². The van der Waals surface area contributed by atoms with Gasteiger partial charge in [0.1, 0.15) is 11.5 Å². The van der Waals surface area contributed by atoms with Gasteiger partial charge in [0.15, 0.2) is 0 Å². The maximum atomic E-state index is 13.0. The number of ether oxygens (including phenoxy) is 2. The molecule has 2 aliphatic rings. The highest BCUT2D eigenvalue weighted by Crippen LogP contribution is 2.38. The van der Waals surface area contributed by atoms with Gasteiger partial charge >= 0.3 is 0 Å². The number of carbonyl (C=O) groups excluding carboxylic acids is 1. The summed E-state index contributed by atoms with van der Waals surface area (Å²) in [5, 5.41) is 3.37. The van der Waals surface area contributed by atoms with E-state index in [-0.39, 0.29) is 11.9 Å². The second-order valence-electron chi connectivity index (χ2n) is 6.88. The maximum absolute atomic E-state index is 13.0. The van der Waals surface area contributed by atoms with E-state index >= 15 is 0 Å². The van der Waals surface area contributed by atoms with Crippen molar-refractivity contribution in [2.75, 3.05) is 46.9 Å². The Balaban J connectivity index is 1.75. The first-order chi connectivity index (χ1) is 12.1. The van der Waals surface area contributed by atoms with Crippen molar-refractivity contribution in [3.63, 3.8) is 0 Å². The molecule has 2 fully saturated rings. The summed E-state index contributed by atoms with van der Waals surface area (Å²) < 4.78 is 10.8. The van der Waals surface area contributed by atoms with Crippen LogP contribution in [0.5, 0.6) is 11.5 Å². The zero-order chi connectivity index (χ0) is 17.8. The molecule has 0 aromatic heterocycles. The molecule has 0 radical (unpaired) electrons. The van der Waals surface area contributed by atoms with E-state index in [4.69, 9.17) is 9.47 Å². The molecule has 2 saturated heterocycles. The normalized spacial score (nSPS) is 24.4. The Morgan fingerprint density at radius 1 is 1.28 bits per heavy atom. The van der Waals surface area contributed by atoms with Crippen LogP contribution in [0.1, 0.15) is 31.4 Å². The Morgan fingerprint density at radius 3 is 2.84 bits per heavy atom. The smallest absolute Gasteiger partial charge is 0.237 e. The molecule has 1 aromatic rings. The average molecular weight is 347 g/mol. The minimum atomic E-state index is 0.0894. The van der Waals surface area contributed by atoms with Crippen LogP contribution in [0.25, 0.3) is 0 Å². The molecular formula is C19H29N3O3. The summed E-state index contributed by atoms with van der Waals surface area (Å²) in [5.74, 6) is 1.78. The minimum Gasteiger partial charge on any atom is -0.497 e. The highest BCUT2D eigenvalue weighted by Gasteiger charge is 2.33. The van der Waals surface area contributed by atoms with Gasteiger partial charge in [0.25, 0.3) is 0 Å². The Kier molecular flexibility index (Phi) is 5.81. The van der Waals surface area contributed by atoms with E-state index in [1.54, 1.807) is 14.2 Å². The van der Waals surface area contributed by atoms with Gasteiger partial charge in [0, 0.05) is 43.9 Å². The van der Waals surface area contributed by atoms with Crippen LogP contribution in [0.15, 0.2) is 18.2 Å². The molecule has 2 aliphatic heterocycles. The number of nitrogens with one attached hydrogen (secondary N) is 1. The van der Waals surface area contributed by atoms with E-state index in [9.17, 15) is 4.79 Å². The largest absolute Gasteiger partial charge is 0.497 e. The fraction of sp³-hybridized carbons (Fsp3) is 0.632. The topological polar surface area (TPSA) is 54.0 Å². The SMILES string of the molecule is COc1ccc(C2CCCN2C(=O)CN2CCNC[C@@H]2C)c(OC)c1. The maximum Gasteiger partial charge on any atom is 0.237 e. The number of methoxy groups -OCH3 is 2. The predicted molar refractivity (Wildman–Crippen MR) is 97.1 cm³/mol. The molecule has 1 unspecified atom stereocenters. The Morgan fingerprint density at radius 2 is 2.12 bits per heavy atom. The first-order valence-corrected chi connectivity index (χ1v) is 9.10. The second kappa shape index (κ2) is 8.06. The summed E-state index contributed by atoms with van der Waals surface area (Å²) in [6, 6.07) is 6.36. The van der Waals surface area contributed by atoms with Crippen molar-refractivity contribution < 1.29 is 14.3 Å². The fourth-order valence-corrected chi connectivity index (χ4v) is 3.86. The van der Waals surface area contributed by atoms with Gasteiger partial charge in [0.2, 0.25) is 5.91 Å². The average Bonchev–Trinajstić information content (AvgIpc) is 3.12. The van der Waals surface area contributed by atoms with Gasteiger partial charge in [-0.15, -0.1) is 0 Å². The summed E-state index contributed by atoms with van der Waals surface area (Å²) >= 11 is 0. The van der Waals surface area contributed by atoms with Crippen LogP contribution >= 0.6 is 0 Å². The molecule has 1 N–H and O–H groups in total.